The molecule has 4 nitrogen and oxygen atoms in total. The Morgan fingerprint density at radius 1 is 1.35 bits per heavy atom. The van der Waals surface area contributed by atoms with E-state index < -0.39 is 0 Å². The molecule has 0 saturated carbocycles. The molecule has 0 spiro atoms. The van der Waals surface area contributed by atoms with Crippen molar-refractivity contribution in [3.05, 3.63) is 51.2 Å². The summed E-state index contributed by atoms with van der Waals surface area (Å²) in [5.74, 6) is 0.807. The molecule has 4 rings (SSSR count). The van der Waals surface area contributed by atoms with Gasteiger partial charge in [0, 0.05) is 15.8 Å². The van der Waals surface area contributed by atoms with Crippen LogP contribution in [-0.2, 0) is 6.42 Å². The maximum atomic E-state index is 12.6. The number of nitrogens with one attached hydrogen (secondary N) is 1. The van der Waals surface area contributed by atoms with Gasteiger partial charge in [0.05, 0.1) is 16.7 Å². The van der Waals surface area contributed by atoms with Gasteiger partial charge in [-0.3, -0.25) is 4.79 Å². The van der Waals surface area contributed by atoms with Crippen molar-refractivity contribution in [2.45, 2.75) is 39.2 Å². The van der Waals surface area contributed by atoms with E-state index in [0.717, 1.165) is 46.7 Å². The molecule has 0 bridgehead atoms. The Bertz CT molecular complexity index is 894. The minimum atomic E-state index is -0.0470. The third kappa shape index (κ3) is 2.65. The summed E-state index contributed by atoms with van der Waals surface area (Å²) in [6.45, 7) is 3.94. The molecular formula is C18H18N2O2S. The van der Waals surface area contributed by atoms with E-state index in [1.807, 2.05) is 38.1 Å². The van der Waals surface area contributed by atoms with Crippen molar-refractivity contribution in [2.75, 3.05) is 0 Å². The van der Waals surface area contributed by atoms with Gasteiger partial charge in [0.2, 0.25) is 0 Å². The van der Waals surface area contributed by atoms with Crippen molar-refractivity contribution < 1.29 is 9.21 Å². The molecule has 1 N–H and O–H groups in total. The van der Waals surface area contributed by atoms with E-state index >= 15 is 0 Å². The Morgan fingerprint density at radius 3 is 3.09 bits per heavy atom. The van der Waals surface area contributed by atoms with Gasteiger partial charge in [-0.25, -0.2) is 4.98 Å². The highest BCUT2D eigenvalue weighted by Crippen LogP contribution is 2.33. The van der Waals surface area contributed by atoms with E-state index in [-0.39, 0.29) is 11.9 Å². The number of carbonyl (C=O) groups is 1. The smallest absolute Gasteiger partial charge is 0.251 e. The first-order chi connectivity index (χ1) is 11.1. The van der Waals surface area contributed by atoms with Crippen LogP contribution >= 0.6 is 11.3 Å². The second-order valence-electron chi connectivity index (χ2n) is 6.07. The Morgan fingerprint density at radius 2 is 2.22 bits per heavy atom. The standard InChI is InChI=1S/C18H18N2O2S/c1-10-8-13-9-12(6-7-15(13)22-10)18(21)20-14-4-3-5-16-17(14)19-11(2)23-16/h6-9,14H,3-5H2,1-2H3,(H,20,21)/t14-/m0/s1. The van der Waals surface area contributed by atoms with Crippen LogP contribution in [0.25, 0.3) is 11.0 Å². The van der Waals surface area contributed by atoms with Gasteiger partial charge >= 0.3 is 0 Å². The van der Waals surface area contributed by atoms with Crippen LogP contribution in [0, 0.1) is 13.8 Å². The number of furan rings is 1. The molecule has 1 amide bonds. The largest absolute Gasteiger partial charge is 0.461 e. The SMILES string of the molecule is Cc1cc2cc(C(=O)N[C@H]3CCCc4sc(C)nc43)ccc2o1. The molecule has 2 heterocycles. The molecule has 1 aliphatic rings. The molecule has 0 radical (unpaired) electrons. The highest BCUT2D eigenvalue weighted by molar-refractivity contribution is 7.11. The lowest BCUT2D eigenvalue weighted by molar-refractivity contribution is 0.0932. The van der Waals surface area contributed by atoms with Crippen LogP contribution in [0.15, 0.2) is 28.7 Å². The highest BCUT2D eigenvalue weighted by Gasteiger charge is 2.25. The maximum Gasteiger partial charge on any atom is 0.251 e. The van der Waals surface area contributed by atoms with Crippen molar-refractivity contribution in [3.8, 4) is 0 Å². The highest BCUT2D eigenvalue weighted by atomic mass is 32.1. The zero-order valence-electron chi connectivity index (χ0n) is 13.2. The summed E-state index contributed by atoms with van der Waals surface area (Å²) < 4.78 is 5.56. The summed E-state index contributed by atoms with van der Waals surface area (Å²) in [5, 5.41) is 5.19. The van der Waals surface area contributed by atoms with Crippen LogP contribution in [-0.4, -0.2) is 10.9 Å². The summed E-state index contributed by atoms with van der Waals surface area (Å²) in [4.78, 5) is 18.6. The number of benzene rings is 1. The molecule has 23 heavy (non-hydrogen) atoms. The number of aromatic nitrogens is 1. The fourth-order valence-electron chi connectivity index (χ4n) is 3.24. The van der Waals surface area contributed by atoms with Crippen molar-refractivity contribution in [2.24, 2.45) is 0 Å². The van der Waals surface area contributed by atoms with Gasteiger partial charge in [0.25, 0.3) is 5.91 Å². The zero-order chi connectivity index (χ0) is 16.0. The predicted octanol–water partition coefficient (Wildman–Crippen LogP) is 4.31. The van der Waals surface area contributed by atoms with Crippen molar-refractivity contribution >= 4 is 28.2 Å². The maximum absolute atomic E-state index is 12.6. The Hall–Kier alpha value is -2.14. The number of thiazole rings is 1. The van der Waals surface area contributed by atoms with E-state index in [9.17, 15) is 4.79 Å². The lowest BCUT2D eigenvalue weighted by Gasteiger charge is -2.22. The normalized spacial score (nSPS) is 17.2. The summed E-state index contributed by atoms with van der Waals surface area (Å²) in [6, 6.07) is 7.54. The van der Waals surface area contributed by atoms with Crippen LogP contribution in [0.4, 0.5) is 0 Å². The molecule has 0 fully saturated rings. The van der Waals surface area contributed by atoms with E-state index in [1.165, 1.54) is 4.88 Å². The van der Waals surface area contributed by atoms with Gasteiger partial charge in [-0.05, 0) is 57.4 Å². The Kier molecular flexibility index (Phi) is 3.45. The topological polar surface area (TPSA) is 55.1 Å². The molecule has 3 aromatic rings. The first-order valence-electron chi connectivity index (χ1n) is 7.87. The van der Waals surface area contributed by atoms with E-state index in [0.29, 0.717) is 5.56 Å². The molecule has 5 heteroatoms. The van der Waals surface area contributed by atoms with Crippen molar-refractivity contribution in [3.63, 3.8) is 0 Å². The fraction of sp³-hybridized carbons (Fsp3) is 0.333. The number of hydrogen-bond acceptors (Lipinski definition) is 4. The molecule has 0 aliphatic heterocycles. The number of rotatable bonds is 2. The fourth-order valence-corrected chi connectivity index (χ4v) is 4.28. The summed E-state index contributed by atoms with van der Waals surface area (Å²) in [6.07, 6.45) is 3.13. The first kappa shape index (κ1) is 14.5. The zero-order valence-corrected chi connectivity index (χ0v) is 14.0. The Labute approximate surface area is 138 Å². The average molecular weight is 326 g/mol. The van der Waals surface area contributed by atoms with Gasteiger partial charge in [0.1, 0.15) is 11.3 Å². The minimum Gasteiger partial charge on any atom is -0.461 e. The number of carbonyl (C=O) groups excluding carboxylic acids is 1. The molecule has 0 unspecified atom stereocenters. The monoisotopic (exact) mass is 326 g/mol. The van der Waals surface area contributed by atoms with Gasteiger partial charge in [0.15, 0.2) is 0 Å². The molecule has 1 aliphatic carbocycles. The third-order valence-corrected chi connectivity index (χ3v) is 5.31. The second kappa shape index (κ2) is 5.49. The summed E-state index contributed by atoms with van der Waals surface area (Å²) in [7, 11) is 0. The first-order valence-corrected chi connectivity index (χ1v) is 8.69. The number of aryl methyl sites for hydroxylation is 3. The predicted molar refractivity (Wildman–Crippen MR) is 90.9 cm³/mol. The third-order valence-electron chi connectivity index (χ3n) is 4.27. The van der Waals surface area contributed by atoms with E-state index in [4.69, 9.17) is 4.42 Å². The van der Waals surface area contributed by atoms with Gasteiger partial charge in [-0.2, -0.15) is 0 Å². The number of hydrogen-bond donors (Lipinski definition) is 1. The summed E-state index contributed by atoms with van der Waals surface area (Å²) >= 11 is 1.75. The lowest BCUT2D eigenvalue weighted by Crippen LogP contribution is -2.30. The molecule has 0 saturated heterocycles. The van der Waals surface area contributed by atoms with Gasteiger partial charge in [-0.15, -0.1) is 11.3 Å². The van der Waals surface area contributed by atoms with Crippen molar-refractivity contribution in [1.29, 1.82) is 0 Å². The average Bonchev–Trinajstić information content (AvgIpc) is 3.07. The van der Waals surface area contributed by atoms with Gasteiger partial charge in [-0.1, -0.05) is 0 Å². The van der Waals surface area contributed by atoms with Gasteiger partial charge < -0.3 is 9.73 Å². The number of nitrogens with zero attached hydrogens (tertiary/aromatic N) is 1. The van der Waals surface area contributed by atoms with Crippen LogP contribution in [0.5, 0.6) is 0 Å². The van der Waals surface area contributed by atoms with Crippen LogP contribution in [0.2, 0.25) is 0 Å². The van der Waals surface area contributed by atoms with Crippen LogP contribution in [0.1, 0.15) is 50.6 Å². The van der Waals surface area contributed by atoms with Crippen LogP contribution < -0.4 is 5.32 Å². The van der Waals surface area contributed by atoms with E-state index in [2.05, 4.69) is 10.3 Å². The molecular weight excluding hydrogens is 308 g/mol. The number of amides is 1. The molecule has 1 atom stereocenters. The molecule has 118 valence electrons. The molecule has 1 aromatic carbocycles. The van der Waals surface area contributed by atoms with Crippen LogP contribution in [0.3, 0.4) is 0 Å². The molecule has 2 aromatic heterocycles. The minimum absolute atomic E-state index is 0.0259. The summed E-state index contributed by atoms with van der Waals surface area (Å²) in [5.41, 5.74) is 2.54. The van der Waals surface area contributed by atoms with E-state index in [1.54, 1.807) is 11.3 Å². The second-order valence-corrected chi connectivity index (χ2v) is 7.36. The lowest BCUT2D eigenvalue weighted by atomic mass is 9.97. The quantitative estimate of drug-likeness (QED) is 0.763. The van der Waals surface area contributed by atoms with Crippen molar-refractivity contribution in [1.82, 2.24) is 10.3 Å². The Balaban J connectivity index is 1.59. The number of fused-ring (bicyclic) bond motifs is 2.